The second-order valence-electron chi connectivity index (χ2n) is 4.56. The number of likely N-dealkylation sites (tertiary alicyclic amines) is 1. The first-order valence-corrected chi connectivity index (χ1v) is 7.07. The van der Waals surface area contributed by atoms with Crippen LogP contribution in [0.2, 0.25) is 0 Å². The van der Waals surface area contributed by atoms with Gasteiger partial charge in [0.1, 0.15) is 6.54 Å². The molecular weight excluding hydrogens is 355 g/mol. The summed E-state index contributed by atoms with van der Waals surface area (Å²) in [5.74, 6) is 0.888. The van der Waals surface area contributed by atoms with Gasteiger partial charge in [-0.05, 0) is 26.2 Å². The highest BCUT2D eigenvalue weighted by molar-refractivity contribution is 14.0. The summed E-state index contributed by atoms with van der Waals surface area (Å²) in [5, 5.41) is 6.39. The van der Waals surface area contributed by atoms with Gasteiger partial charge in [0.15, 0.2) is 5.96 Å². The molecule has 0 aromatic rings. The van der Waals surface area contributed by atoms with Crippen molar-refractivity contribution in [3.63, 3.8) is 0 Å². The summed E-state index contributed by atoms with van der Waals surface area (Å²) in [5.41, 5.74) is 0. The lowest BCUT2D eigenvalue weighted by Gasteiger charge is -2.15. The number of guanidine groups is 1. The molecule has 2 N–H and O–H groups in total. The van der Waals surface area contributed by atoms with E-state index in [0.29, 0.717) is 0 Å². The van der Waals surface area contributed by atoms with Crippen LogP contribution in [0, 0.1) is 0 Å². The smallest absolute Gasteiger partial charge is 0.244 e. The molecule has 0 saturated carbocycles. The van der Waals surface area contributed by atoms with Gasteiger partial charge in [0.05, 0.1) is 0 Å². The highest BCUT2D eigenvalue weighted by Gasteiger charge is 2.17. The minimum atomic E-state index is 0. The summed E-state index contributed by atoms with van der Waals surface area (Å²) in [7, 11) is 0. The molecule has 0 radical (unpaired) electrons. The molecule has 1 heterocycles. The zero-order valence-corrected chi connectivity index (χ0v) is 14.4. The Morgan fingerprint density at radius 2 is 1.89 bits per heavy atom. The molecule has 0 spiro atoms. The third-order valence-corrected chi connectivity index (χ3v) is 3.00. The monoisotopic (exact) mass is 382 g/mol. The molecule has 1 saturated heterocycles. The van der Waals surface area contributed by atoms with Gasteiger partial charge in [-0.2, -0.15) is 0 Å². The zero-order valence-electron chi connectivity index (χ0n) is 12.1. The van der Waals surface area contributed by atoms with Crippen LogP contribution >= 0.6 is 24.0 Å². The highest BCUT2D eigenvalue weighted by Crippen LogP contribution is 2.07. The van der Waals surface area contributed by atoms with Crippen LogP contribution in [-0.4, -0.2) is 49.5 Å². The lowest BCUT2D eigenvalue weighted by Crippen LogP contribution is -2.39. The molecule has 112 valence electrons. The molecule has 5 nitrogen and oxygen atoms in total. The summed E-state index contributed by atoms with van der Waals surface area (Å²) in [4.78, 5) is 18.1. The topological polar surface area (TPSA) is 56.7 Å². The number of carbonyl (C=O) groups excluding carboxylic acids is 1. The van der Waals surface area contributed by atoms with E-state index in [1.807, 2.05) is 11.8 Å². The minimum absolute atomic E-state index is 0. The number of hydrogen-bond donors (Lipinski definition) is 2. The van der Waals surface area contributed by atoms with Gasteiger partial charge in [0.2, 0.25) is 5.91 Å². The van der Waals surface area contributed by atoms with Crippen molar-refractivity contribution in [1.29, 1.82) is 0 Å². The van der Waals surface area contributed by atoms with Gasteiger partial charge in [-0.15, -0.1) is 24.0 Å². The van der Waals surface area contributed by atoms with Crippen LogP contribution in [0.15, 0.2) is 4.99 Å². The zero-order chi connectivity index (χ0) is 13.2. The maximum Gasteiger partial charge on any atom is 0.244 e. The number of nitrogens with zero attached hydrogens (tertiary/aromatic N) is 2. The normalized spacial score (nSPS) is 15.1. The van der Waals surface area contributed by atoms with E-state index in [2.05, 4.69) is 22.5 Å². The van der Waals surface area contributed by atoms with Crippen LogP contribution in [-0.2, 0) is 4.79 Å². The Hall–Kier alpha value is -0.530. The lowest BCUT2D eigenvalue weighted by molar-refractivity contribution is -0.128. The van der Waals surface area contributed by atoms with E-state index in [4.69, 9.17) is 0 Å². The fraction of sp³-hybridized carbons (Fsp3) is 0.846. The van der Waals surface area contributed by atoms with E-state index in [9.17, 15) is 4.79 Å². The maximum absolute atomic E-state index is 11.8. The summed E-state index contributed by atoms with van der Waals surface area (Å²) in [6.45, 7) is 7.95. The number of rotatable bonds is 6. The average Bonchev–Trinajstić information content (AvgIpc) is 2.89. The summed E-state index contributed by atoms with van der Waals surface area (Å²) in [6.07, 6.45) is 4.53. The fourth-order valence-corrected chi connectivity index (χ4v) is 1.94. The number of nitrogens with one attached hydrogen (secondary N) is 2. The van der Waals surface area contributed by atoms with Crippen molar-refractivity contribution in [1.82, 2.24) is 15.5 Å². The number of carbonyl (C=O) groups is 1. The number of amides is 1. The Morgan fingerprint density at radius 1 is 1.21 bits per heavy atom. The molecule has 0 aromatic heterocycles. The van der Waals surface area contributed by atoms with Gasteiger partial charge in [-0.1, -0.05) is 13.3 Å². The summed E-state index contributed by atoms with van der Waals surface area (Å²) < 4.78 is 0. The van der Waals surface area contributed by atoms with Crippen molar-refractivity contribution in [2.24, 2.45) is 4.99 Å². The second-order valence-corrected chi connectivity index (χ2v) is 4.56. The van der Waals surface area contributed by atoms with Crippen LogP contribution < -0.4 is 10.6 Å². The molecule has 1 fully saturated rings. The first-order valence-electron chi connectivity index (χ1n) is 7.07. The van der Waals surface area contributed by atoms with Crippen LogP contribution in [0.3, 0.4) is 0 Å². The average molecular weight is 382 g/mol. The van der Waals surface area contributed by atoms with Crippen molar-refractivity contribution >= 4 is 35.8 Å². The molecule has 6 heteroatoms. The molecule has 1 aliphatic rings. The van der Waals surface area contributed by atoms with Crippen molar-refractivity contribution < 1.29 is 4.79 Å². The molecule has 0 aliphatic carbocycles. The van der Waals surface area contributed by atoms with Gasteiger partial charge in [0, 0.05) is 26.2 Å². The van der Waals surface area contributed by atoms with E-state index in [-0.39, 0.29) is 36.4 Å². The molecular formula is C13H27IN4O. The Kier molecular flexibility index (Phi) is 11.0. The quantitative estimate of drug-likeness (QED) is 0.318. The molecule has 0 unspecified atom stereocenters. The predicted molar refractivity (Wildman–Crippen MR) is 90.1 cm³/mol. The molecule has 1 rings (SSSR count). The predicted octanol–water partition coefficient (Wildman–Crippen LogP) is 1.58. The third-order valence-electron chi connectivity index (χ3n) is 3.00. The Labute approximate surface area is 133 Å². The molecule has 1 aliphatic heterocycles. The van der Waals surface area contributed by atoms with Crippen LogP contribution in [0.25, 0.3) is 0 Å². The second kappa shape index (κ2) is 11.3. The molecule has 0 bridgehead atoms. The van der Waals surface area contributed by atoms with Crippen molar-refractivity contribution in [2.75, 3.05) is 32.7 Å². The van der Waals surface area contributed by atoms with Gasteiger partial charge in [-0.3, -0.25) is 4.79 Å². The van der Waals surface area contributed by atoms with E-state index in [1.54, 1.807) is 0 Å². The maximum atomic E-state index is 11.8. The molecule has 1 amide bonds. The van der Waals surface area contributed by atoms with Gasteiger partial charge in [0.25, 0.3) is 0 Å². The summed E-state index contributed by atoms with van der Waals surface area (Å²) >= 11 is 0. The molecule has 19 heavy (non-hydrogen) atoms. The minimum Gasteiger partial charge on any atom is -0.357 e. The Morgan fingerprint density at radius 3 is 2.47 bits per heavy atom. The molecule has 0 atom stereocenters. The lowest BCUT2D eigenvalue weighted by atomic mass is 10.3. The molecule has 0 aromatic carbocycles. The van der Waals surface area contributed by atoms with Crippen LogP contribution in [0.5, 0.6) is 0 Å². The highest BCUT2D eigenvalue weighted by atomic mass is 127. The van der Waals surface area contributed by atoms with Crippen molar-refractivity contribution in [3.05, 3.63) is 0 Å². The number of aliphatic imine (C=N–C) groups is 1. The summed E-state index contributed by atoms with van der Waals surface area (Å²) in [6, 6.07) is 0. The fourth-order valence-electron chi connectivity index (χ4n) is 1.94. The van der Waals surface area contributed by atoms with Gasteiger partial charge < -0.3 is 15.5 Å². The van der Waals surface area contributed by atoms with E-state index >= 15 is 0 Å². The van der Waals surface area contributed by atoms with Gasteiger partial charge >= 0.3 is 0 Å². The first kappa shape index (κ1) is 18.5. The van der Waals surface area contributed by atoms with Crippen molar-refractivity contribution in [2.45, 2.75) is 39.5 Å². The Balaban J connectivity index is 0.00000324. The third kappa shape index (κ3) is 7.59. The van der Waals surface area contributed by atoms with Crippen molar-refractivity contribution in [3.8, 4) is 0 Å². The number of halogens is 1. The standard InChI is InChI=1S/C13H26N4O.HI/c1-3-5-8-15-13(14-4-2)16-11-12(18)17-9-6-7-10-17;/h3-11H2,1-2H3,(H2,14,15,16);1H. The Bertz CT molecular complexity index is 278. The van der Waals surface area contributed by atoms with E-state index < -0.39 is 0 Å². The number of hydrogen-bond acceptors (Lipinski definition) is 2. The first-order chi connectivity index (χ1) is 8.77. The number of unbranched alkanes of at least 4 members (excludes halogenated alkanes) is 1. The van der Waals surface area contributed by atoms with E-state index in [1.165, 1.54) is 0 Å². The largest absolute Gasteiger partial charge is 0.357 e. The van der Waals surface area contributed by atoms with Gasteiger partial charge in [-0.25, -0.2) is 4.99 Å². The van der Waals surface area contributed by atoms with E-state index in [0.717, 1.165) is 57.8 Å². The van der Waals surface area contributed by atoms with Crippen LogP contribution in [0.4, 0.5) is 0 Å². The van der Waals surface area contributed by atoms with Crippen LogP contribution in [0.1, 0.15) is 39.5 Å². The SMILES string of the molecule is CCCCNC(=NCC(=O)N1CCCC1)NCC.I.